The normalized spacial score (nSPS) is 9.09. The minimum Gasteiger partial charge on any atom is -0.426 e. The molecule has 0 amide bonds. The minimum absolute atomic E-state index is 0.0484. The topological polar surface area (TPSA) is 116 Å². The molecule has 0 atom stereocenters. The van der Waals surface area contributed by atoms with Crippen molar-refractivity contribution in [3.8, 4) is 5.75 Å². The predicted octanol–water partition coefficient (Wildman–Crippen LogP) is 1.86. The van der Waals surface area contributed by atoms with Gasteiger partial charge in [0.15, 0.2) is 0 Å². The monoisotopic (exact) mass is 316 g/mol. The number of hydrogen-bond donors (Lipinski definition) is 0. The van der Waals surface area contributed by atoms with Crippen LogP contribution in [0.15, 0.2) is 42.7 Å². The number of pyridine rings is 1. The first-order valence-corrected chi connectivity index (χ1v) is 6.31. The van der Waals surface area contributed by atoms with E-state index in [1.54, 1.807) is 12.4 Å². The highest BCUT2D eigenvalue weighted by molar-refractivity contribution is 5.75. The number of aryl methyl sites for hydroxylation is 1. The summed E-state index contributed by atoms with van der Waals surface area (Å²) < 4.78 is 5.10. The molecule has 23 heavy (non-hydrogen) atoms. The van der Waals surface area contributed by atoms with Crippen LogP contribution in [0.1, 0.15) is 11.1 Å². The molecule has 1 aromatic heterocycles. The van der Waals surface area contributed by atoms with Crippen LogP contribution in [0, 0.1) is 17.0 Å². The standard InChI is InChI=1S/C14H12N2O4.CO2/c1-10-6-11(9-15-8-10)7-14(17)20-13-4-2-12(3-5-13)16(18)19;2-1-3/h2-6,8-9H,7H2,1H3;. The van der Waals surface area contributed by atoms with Crippen LogP contribution in [0.5, 0.6) is 5.75 Å². The summed E-state index contributed by atoms with van der Waals surface area (Å²) in [6.07, 6.45) is 3.65. The second kappa shape index (κ2) is 8.81. The summed E-state index contributed by atoms with van der Waals surface area (Å²) in [7, 11) is 0. The molecule has 0 radical (unpaired) electrons. The Kier molecular flexibility index (Phi) is 6.77. The molecule has 8 heteroatoms. The average Bonchev–Trinajstić information content (AvgIpc) is 2.48. The second-order valence-electron chi connectivity index (χ2n) is 4.36. The molecule has 0 N–H and O–H groups in total. The minimum atomic E-state index is -0.510. The van der Waals surface area contributed by atoms with Gasteiger partial charge in [0.1, 0.15) is 5.75 Å². The van der Waals surface area contributed by atoms with E-state index in [0.717, 1.165) is 11.1 Å². The first kappa shape index (κ1) is 17.7. The van der Waals surface area contributed by atoms with Crippen molar-refractivity contribution < 1.29 is 24.0 Å². The van der Waals surface area contributed by atoms with Crippen molar-refractivity contribution in [3.63, 3.8) is 0 Å². The SMILES string of the molecule is Cc1cncc(CC(=O)Oc2ccc([N+](=O)[O-])cc2)c1.O=C=O. The van der Waals surface area contributed by atoms with Crippen LogP contribution in [0.4, 0.5) is 5.69 Å². The number of carbonyl (C=O) groups is 1. The van der Waals surface area contributed by atoms with Gasteiger partial charge >= 0.3 is 12.1 Å². The number of nitro benzene ring substituents is 1. The lowest BCUT2D eigenvalue weighted by Crippen LogP contribution is -2.11. The van der Waals surface area contributed by atoms with Gasteiger partial charge < -0.3 is 4.74 Å². The van der Waals surface area contributed by atoms with E-state index >= 15 is 0 Å². The lowest BCUT2D eigenvalue weighted by atomic mass is 10.2. The van der Waals surface area contributed by atoms with Crippen molar-refractivity contribution in [2.24, 2.45) is 0 Å². The van der Waals surface area contributed by atoms with Crippen LogP contribution >= 0.6 is 0 Å². The van der Waals surface area contributed by atoms with Crippen LogP contribution in [-0.4, -0.2) is 22.0 Å². The molecule has 118 valence electrons. The fourth-order valence-electron chi connectivity index (χ4n) is 1.68. The van der Waals surface area contributed by atoms with Crippen molar-refractivity contribution in [1.82, 2.24) is 4.98 Å². The summed E-state index contributed by atoms with van der Waals surface area (Å²) in [6, 6.07) is 7.22. The van der Waals surface area contributed by atoms with Gasteiger partial charge in [-0.1, -0.05) is 6.07 Å². The van der Waals surface area contributed by atoms with Gasteiger partial charge in [-0.2, -0.15) is 9.59 Å². The number of esters is 1. The number of aromatic nitrogens is 1. The van der Waals surface area contributed by atoms with Crippen LogP contribution in [0.25, 0.3) is 0 Å². The van der Waals surface area contributed by atoms with Crippen LogP contribution in [0.3, 0.4) is 0 Å². The van der Waals surface area contributed by atoms with E-state index in [-0.39, 0.29) is 24.0 Å². The summed E-state index contributed by atoms with van der Waals surface area (Å²) in [5, 5.41) is 10.5. The van der Waals surface area contributed by atoms with E-state index in [0.29, 0.717) is 0 Å². The Balaban J connectivity index is 0.000000816. The molecule has 1 aromatic carbocycles. The molecule has 0 unspecified atom stereocenters. The highest BCUT2D eigenvalue weighted by Gasteiger charge is 2.09. The maximum atomic E-state index is 11.7. The van der Waals surface area contributed by atoms with E-state index in [2.05, 4.69) is 4.98 Å². The molecule has 0 saturated carbocycles. The van der Waals surface area contributed by atoms with Gasteiger partial charge in [0, 0.05) is 24.5 Å². The Morgan fingerprint density at radius 1 is 1.26 bits per heavy atom. The molecule has 0 aliphatic heterocycles. The summed E-state index contributed by atoms with van der Waals surface area (Å²) in [4.78, 5) is 42.0. The Morgan fingerprint density at radius 2 is 1.87 bits per heavy atom. The number of benzene rings is 1. The molecule has 2 aromatic rings. The number of ether oxygens (including phenoxy) is 1. The van der Waals surface area contributed by atoms with Crippen molar-refractivity contribution in [3.05, 3.63) is 64.0 Å². The molecule has 1 heterocycles. The van der Waals surface area contributed by atoms with Gasteiger partial charge in [-0.3, -0.25) is 19.9 Å². The molecule has 0 bridgehead atoms. The number of rotatable bonds is 4. The van der Waals surface area contributed by atoms with Crippen molar-refractivity contribution >= 4 is 17.8 Å². The van der Waals surface area contributed by atoms with Gasteiger partial charge in [0.2, 0.25) is 0 Å². The number of nitrogens with zero attached hydrogens (tertiary/aromatic N) is 2. The summed E-state index contributed by atoms with van der Waals surface area (Å²) in [5.74, 6) is -0.160. The molecule has 8 nitrogen and oxygen atoms in total. The lowest BCUT2D eigenvalue weighted by molar-refractivity contribution is -0.384. The summed E-state index contributed by atoms with van der Waals surface area (Å²) in [5.41, 5.74) is 1.68. The molecule has 0 saturated heterocycles. The van der Waals surface area contributed by atoms with Gasteiger partial charge in [-0.15, -0.1) is 0 Å². The molecular formula is C15H12N2O6. The lowest BCUT2D eigenvalue weighted by Gasteiger charge is -2.04. The zero-order chi connectivity index (χ0) is 17.2. The smallest absolute Gasteiger partial charge is 0.373 e. The maximum Gasteiger partial charge on any atom is 0.373 e. The first-order chi connectivity index (χ1) is 11.0. The largest absolute Gasteiger partial charge is 0.426 e. The maximum absolute atomic E-state index is 11.7. The van der Waals surface area contributed by atoms with Crippen molar-refractivity contribution in [1.29, 1.82) is 0 Å². The number of nitro groups is 1. The Bertz CT molecular complexity index is 721. The predicted molar refractivity (Wildman–Crippen MR) is 76.4 cm³/mol. The Labute approximate surface area is 130 Å². The highest BCUT2D eigenvalue weighted by Crippen LogP contribution is 2.17. The molecule has 0 fully saturated rings. The van der Waals surface area contributed by atoms with Crippen LogP contribution < -0.4 is 4.74 Å². The quantitative estimate of drug-likeness (QED) is 0.366. The second-order valence-corrected chi connectivity index (χ2v) is 4.36. The summed E-state index contributed by atoms with van der Waals surface area (Å²) >= 11 is 0. The molecular weight excluding hydrogens is 304 g/mol. The third-order valence-electron chi connectivity index (χ3n) is 2.56. The third-order valence-corrected chi connectivity index (χ3v) is 2.56. The van der Waals surface area contributed by atoms with E-state index in [1.807, 2.05) is 13.0 Å². The van der Waals surface area contributed by atoms with E-state index in [1.165, 1.54) is 24.3 Å². The van der Waals surface area contributed by atoms with Crippen molar-refractivity contribution in [2.75, 3.05) is 0 Å². The van der Waals surface area contributed by atoms with Gasteiger partial charge in [-0.05, 0) is 30.2 Å². The number of hydrogen-bond acceptors (Lipinski definition) is 7. The zero-order valence-corrected chi connectivity index (χ0v) is 12.1. The Morgan fingerprint density at radius 3 is 2.39 bits per heavy atom. The molecule has 0 aliphatic carbocycles. The van der Waals surface area contributed by atoms with Crippen molar-refractivity contribution in [2.45, 2.75) is 13.3 Å². The van der Waals surface area contributed by atoms with Crippen LogP contribution in [-0.2, 0) is 20.8 Å². The van der Waals surface area contributed by atoms with E-state index in [9.17, 15) is 14.9 Å². The average molecular weight is 316 g/mol. The molecule has 0 spiro atoms. The molecule has 0 aliphatic rings. The Hall–Kier alpha value is -3.38. The first-order valence-electron chi connectivity index (χ1n) is 6.31. The van der Waals surface area contributed by atoms with Crippen LogP contribution in [0.2, 0.25) is 0 Å². The fourth-order valence-corrected chi connectivity index (χ4v) is 1.68. The summed E-state index contributed by atoms with van der Waals surface area (Å²) in [6.45, 7) is 1.89. The number of carbonyl (C=O) groups excluding carboxylic acids is 3. The third kappa shape index (κ3) is 6.28. The van der Waals surface area contributed by atoms with E-state index in [4.69, 9.17) is 14.3 Å². The highest BCUT2D eigenvalue weighted by atomic mass is 16.6. The van der Waals surface area contributed by atoms with E-state index < -0.39 is 10.9 Å². The van der Waals surface area contributed by atoms with Gasteiger partial charge in [0.05, 0.1) is 11.3 Å². The van der Waals surface area contributed by atoms with Gasteiger partial charge in [0.25, 0.3) is 5.69 Å². The fraction of sp³-hybridized carbons (Fsp3) is 0.133. The number of non-ortho nitro benzene ring substituents is 1. The molecule has 2 rings (SSSR count). The van der Waals surface area contributed by atoms with Gasteiger partial charge in [-0.25, -0.2) is 0 Å². The zero-order valence-electron chi connectivity index (χ0n) is 12.1.